The normalized spacial score (nSPS) is 17.0. The van der Waals surface area contributed by atoms with E-state index in [-0.39, 0.29) is 17.6 Å². The Morgan fingerprint density at radius 3 is 1.89 bits per heavy atom. The third-order valence-electron chi connectivity index (χ3n) is 5.46. The van der Waals surface area contributed by atoms with Crippen LogP contribution in [-0.2, 0) is 0 Å². The minimum atomic E-state index is -0.957. The van der Waals surface area contributed by atoms with E-state index >= 15 is 0 Å². The Labute approximate surface area is 159 Å². The molecule has 0 atom stereocenters. The number of piperidine rings is 1. The van der Waals surface area contributed by atoms with Gasteiger partial charge in [-0.1, -0.05) is 30.2 Å². The molecule has 4 heteroatoms. The van der Waals surface area contributed by atoms with Gasteiger partial charge < -0.3 is 10.0 Å². The Bertz CT molecular complexity index is 726. The van der Waals surface area contributed by atoms with Crippen molar-refractivity contribution in [3.8, 4) is 12.3 Å². The average molecular weight is 369 g/mol. The van der Waals surface area contributed by atoms with E-state index < -0.39 is 5.60 Å². The van der Waals surface area contributed by atoms with Gasteiger partial charge in [0, 0.05) is 31.8 Å². The predicted octanol–water partition coefficient (Wildman–Crippen LogP) is 4.34. The van der Waals surface area contributed by atoms with Gasteiger partial charge in [-0.25, -0.2) is 8.78 Å². The number of halogens is 2. The number of likely N-dealkylation sites (tertiary alicyclic amines) is 1. The molecule has 2 nitrogen and oxygen atoms in total. The van der Waals surface area contributed by atoms with Gasteiger partial charge in [0.1, 0.15) is 17.2 Å². The van der Waals surface area contributed by atoms with Gasteiger partial charge in [0.15, 0.2) is 0 Å². The first-order valence-corrected chi connectivity index (χ1v) is 9.42. The summed E-state index contributed by atoms with van der Waals surface area (Å²) in [7, 11) is 0. The number of hydrogen-bond acceptors (Lipinski definition) is 2. The molecule has 3 rings (SSSR count). The predicted molar refractivity (Wildman–Crippen MR) is 103 cm³/mol. The van der Waals surface area contributed by atoms with Crippen molar-refractivity contribution in [1.29, 1.82) is 0 Å². The minimum Gasteiger partial charge on any atom is -0.378 e. The molecule has 0 amide bonds. The molecule has 1 aliphatic heterocycles. The monoisotopic (exact) mass is 369 g/mol. The lowest BCUT2D eigenvalue weighted by Gasteiger charge is -2.35. The molecular weight excluding hydrogens is 344 g/mol. The van der Waals surface area contributed by atoms with Gasteiger partial charge in [0.05, 0.1) is 0 Å². The molecule has 2 aromatic carbocycles. The number of terminal acetylenes is 1. The maximum absolute atomic E-state index is 13.3. The summed E-state index contributed by atoms with van der Waals surface area (Å²) in [6, 6.07) is 13.1. The van der Waals surface area contributed by atoms with Crippen LogP contribution >= 0.6 is 0 Å². The maximum Gasteiger partial charge on any atom is 0.127 e. The Morgan fingerprint density at radius 2 is 1.44 bits per heavy atom. The molecule has 1 aliphatic rings. The molecule has 142 valence electrons. The van der Waals surface area contributed by atoms with Crippen LogP contribution < -0.4 is 0 Å². The van der Waals surface area contributed by atoms with Crippen LogP contribution in [0.3, 0.4) is 0 Å². The lowest BCUT2D eigenvalue weighted by Crippen LogP contribution is -2.43. The quantitative estimate of drug-likeness (QED) is 0.766. The van der Waals surface area contributed by atoms with Crippen molar-refractivity contribution in [2.45, 2.75) is 37.2 Å². The van der Waals surface area contributed by atoms with Crippen molar-refractivity contribution >= 4 is 0 Å². The van der Waals surface area contributed by atoms with Crippen molar-refractivity contribution in [3.05, 3.63) is 71.3 Å². The molecule has 0 saturated carbocycles. The fraction of sp³-hybridized carbons (Fsp3) is 0.391. The van der Waals surface area contributed by atoms with Crippen LogP contribution in [0.1, 0.15) is 42.7 Å². The number of aliphatic hydroxyl groups is 1. The van der Waals surface area contributed by atoms with Gasteiger partial charge in [-0.3, -0.25) is 0 Å². The molecule has 2 aromatic rings. The topological polar surface area (TPSA) is 23.5 Å². The highest BCUT2D eigenvalue weighted by Gasteiger charge is 2.29. The van der Waals surface area contributed by atoms with Gasteiger partial charge in [-0.2, -0.15) is 0 Å². The van der Waals surface area contributed by atoms with Gasteiger partial charge in [-0.05, 0) is 54.8 Å². The summed E-state index contributed by atoms with van der Waals surface area (Å²) >= 11 is 0. The zero-order valence-electron chi connectivity index (χ0n) is 15.4. The van der Waals surface area contributed by atoms with Crippen LogP contribution in [-0.4, -0.2) is 35.2 Å². The van der Waals surface area contributed by atoms with Crippen molar-refractivity contribution in [1.82, 2.24) is 4.90 Å². The van der Waals surface area contributed by atoms with E-state index in [0.717, 1.165) is 43.6 Å². The molecule has 27 heavy (non-hydrogen) atoms. The summed E-state index contributed by atoms with van der Waals surface area (Å²) in [6.45, 7) is 2.50. The van der Waals surface area contributed by atoms with Gasteiger partial charge in [0.2, 0.25) is 0 Å². The first kappa shape index (κ1) is 19.5. The molecule has 1 heterocycles. The molecule has 0 aliphatic carbocycles. The summed E-state index contributed by atoms with van der Waals surface area (Å²) in [5.74, 6) is 2.07. The van der Waals surface area contributed by atoms with Crippen LogP contribution in [0.25, 0.3) is 0 Å². The van der Waals surface area contributed by atoms with Crippen LogP contribution in [0.4, 0.5) is 8.78 Å². The lowest BCUT2D eigenvalue weighted by molar-refractivity contribution is 0.0268. The number of nitrogens with zero attached hydrogens (tertiary/aromatic N) is 1. The Balaban J connectivity index is 1.63. The molecule has 0 aromatic heterocycles. The number of hydrogen-bond donors (Lipinski definition) is 1. The fourth-order valence-electron chi connectivity index (χ4n) is 3.73. The molecular formula is C23H25F2NO. The third-order valence-corrected chi connectivity index (χ3v) is 5.46. The van der Waals surface area contributed by atoms with Gasteiger partial charge >= 0.3 is 0 Å². The van der Waals surface area contributed by atoms with Crippen molar-refractivity contribution in [2.75, 3.05) is 19.6 Å². The molecule has 1 N–H and O–H groups in total. The first-order valence-electron chi connectivity index (χ1n) is 9.42. The molecule has 0 spiro atoms. The summed E-state index contributed by atoms with van der Waals surface area (Å²) in [6.07, 6.45) is 8.44. The Hall–Kier alpha value is -2.22. The van der Waals surface area contributed by atoms with Gasteiger partial charge in [-0.15, -0.1) is 6.42 Å². The van der Waals surface area contributed by atoms with E-state index in [9.17, 15) is 13.9 Å². The Morgan fingerprint density at radius 1 is 0.963 bits per heavy atom. The zero-order chi connectivity index (χ0) is 19.3. The highest BCUT2D eigenvalue weighted by Crippen LogP contribution is 2.30. The number of benzene rings is 2. The van der Waals surface area contributed by atoms with E-state index in [4.69, 9.17) is 6.42 Å². The molecule has 1 saturated heterocycles. The summed E-state index contributed by atoms with van der Waals surface area (Å²) < 4.78 is 26.6. The summed E-state index contributed by atoms with van der Waals surface area (Å²) in [5, 5.41) is 10.1. The first-order chi connectivity index (χ1) is 13.0. The smallest absolute Gasteiger partial charge is 0.127 e. The number of rotatable bonds is 6. The van der Waals surface area contributed by atoms with Crippen LogP contribution in [0.15, 0.2) is 48.5 Å². The van der Waals surface area contributed by atoms with Crippen molar-refractivity contribution < 1.29 is 13.9 Å². The molecule has 1 fully saturated rings. The van der Waals surface area contributed by atoms with E-state index in [0.29, 0.717) is 12.8 Å². The highest BCUT2D eigenvalue weighted by atomic mass is 19.1. The lowest BCUT2D eigenvalue weighted by atomic mass is 9.87. The Kier molecular flexibility index (Phi) is 6.26. The minimum absolute atomic E-state index is 0.0960. The molecule has 0 unspecified atom stereocenters. The highest BCUT2D eigenvalue weighted by molar-refractivity contribution is 5.32. The van der Waals surface area contributed by atoms with Crippen molar-refractivity contribution in [2.24, 2.45) is 0 Å². The van der Waals surface area contributed by atoms with E-state index in [2.05, 4.69) is 10.8 Å². The molecule has 0 bridgehead atoms. The summed E-state index contributed by atoms with van der Waals surface area (Å²) in [4.78, 5) is 2.32. The second-order valence-corrected chi connectivity index (χ2v) is 7.32. The van der Waals surface area contributed by atoms with Crippen LogP contribution in [0.2, 0.25) is 0 Å². The van der Waals surface area contributed by atoms with Crippen LogP contribution in [0.5, 0.6) is 0 Å². The van der Waals surface area contributed by atoms with E-state index in [1.807, 2.05) is 0 Å². The second-order valence-electron chi connectivity index (χ2n) is 7.32. The van der Waals surface area contributed by atoms with Crippen molar-refractivity contribution in [3.63, 3.8) is 0 Å². The SMILES string of the molecule is C#CC1(O)CCN(CCCC(c2ccc(F)cc2)c2ccc(F)cc2)CC1. The van der Waals surface area contributed by atoms with Gasteiger partial charge in [0.25, 0.3) is 0 Å². The molecule has 0 radical (unpaired) electrons. The zero-order valence-corrected chi connectivity index (χ0v) is 15.4. The maximum atomic E-state index is 13.3. The van der Waals surface area contributed by atoms with E-state index in [1.54, 1.807) is 24.3 Å². The second kappa shape index (κ2) is 8.65. The third kappa shape index (κ3) is 5.15. The fourth-order valence-corrected chi connectivity index (χ4v) is 3.73. The average Bonchev–Trinajstić information content (AvgIpc) is 2.69. The summed E-state index contributed by atoms with van der Waals surface area (Å²) in [5.41, 5.74) is 1.10. The largest absolute Gasteiger partial charge is 0.378 e. The van der Waals surface area contributed by atoms with Crippen LogP contribution in [0, 0.1) is 24.0 Å². The standard InChI is InChI=1S/C23H25F2NO/c1-2-23(27)13-16-26(17-14-23)15-3-4-22(18-5-9-20(24)10-6-18)19-7-11-21(25)12-8-19/h1,5-12,22,27H,3-4,13-17H2. The van der Waals surface area contributed by atoms with E-state index in [1.165, 1.54) is 24.3 Å².